The van der Waals surface area contributed by atoms with Crippen molar-refractivity contribution in [3.8, 4) is 11.8 Å². The lowest BCUT2D eigenvalue weighted by atomic mass is 10.2. The van der Waals surface area contributed by atoms with Crippen molar-refractivity contribution in [2.24, 2.45) is 0 Å². The molecule has 0 aromatic carbocycles. The molecule has 82 valence electrons. The summed E-state index contributed by atoms with van der Waals surface area (Å²) in [5, 5.41) is 0. The summed E-state index contributed by atoms with van der Waals surface area (Å²) in [6.45, 7) is 3.16. The summed E-state index contributed by atoms with van der Waals surface area (Å²) in [4.78, 5) is 14.8. The fourth-order valence-electron chi connectivity index (χ4n) is 1.38. The quantitative estimate of drug-likeness (QED) is 0.633. The molecule has 0 N–H and O–H groups in total. The number of aromatic nitrogens is 2. The lowest BCUT2D eigenvalue weighted by Crippen LogP contribution is -1.91. The van der Waals surface area contributed by atoms with Gasteiger partial charge in [-0.1, -0.05) is 5.92 Å². The van der Waals surface area contributed by atoms with E-state index in [4.69, 9.17) is 0 Å². The van der Waals surface area contributed by atoms with Crippen LogP contribution in [0.3, 0.4) is 0 Å². The fourth-order valence-corrected chi connectivity index (χ4v) is 1.38. The number of carbonyl (C=O) groups excluding carboxylic acids is 1. The van der Waals surface area contributed by atoms with Gasteiger partial charge in [-0.15, -0.1) is 0 Å². The number of ketones is 1. The molecule has 0 atom stereocenters. The molecule has 0 fully saturated rings. The highest BCUT2D eigenvalue weighted by Crippen LogP contribution is 2.11. The molecule has 0 amide bonds. The number of Topliss-reactive ketones (excluding diaryl/α,β-unsaturated/α-hetero) is 1. The van der Waals surface area contributed by atoms with Crippen LogP contribution in [0.15, 0.2) is 18.5 Å². The Morgan fingerprint density at radius 2 is 2.31 bits per heavy atom. The van der Waals surface area contributed by atoms with E-state index >= 15 is 0 Å². The Balaban J connectivity index is 0.00000144. The third-order valence-corrected chi connectivity index (χ3v) is 2.04. The number of carbonyl (C=O) groups is 1. The smallest absolute Gasteiger partial charge is 0.202 e. The maximum absolute atomic E-state index is 13.5. The van der Waals surface area contributed by atoms with E-state index in [0.29, 0.717) is 5.65 Å². The number of imidazole rings is 1. The number of halogens is 1. The molecule has 0 aliphatic carbocycles. The first-order valence-electron chi connectivity index (χ1n) is 4.74. The van der Waals surface area contributed by atoms with Crippen LogP contribution < -0.4 is 0 Å². The third-order valence-electron chi connectivity index (χ3n) is 2.04. The van der Waals surface area contributed by atoms with Crippen LogP contribution >= 0.6 is 0 Å². The zero-order chi connectivity index (χ0) is 11.7. The number of hydrogen-bond acceptors (Lipinski definition) is 2. The number of pyridine rings is 1. The number of fused-ring (bicyclic) bond motifs is 1. The highest BCUT2D eigenvalue weighted by Gasteiger charge is 2.04. The van der Waals surface area contributed by atoms with E-state index in [-0.39, 0.29) is 12.8 Å². The second-order valence-corrected chi connectivity index (χ2v) is 3.49. The first-order chi connectivity index (χ1) is 7.56. The maximum Gasteiger partial charge on any atom is 0.202 e. The van der Waals surface area contributed by atoms with E-state index in [1.54, 1.807) is 10.6 Å². The molecular weight excluding hydrogens is 207 g/mol. The number of nitrogens with zero attached hydrogens (tertiary/aromatic N) is 2. The number of hydrogen-bond donors (Lipinski definition) is 0. The van der Waals surface area contributed by atoms with Crippen molar-refractivity contribution < 1.29 is 10.6 Å². The first-order valence-corrected chi connectivity index (χ1v) is 4.74. The molecule has 0 aliphatic rings. The van der Waals surface area contributed by atoms with Gasteiger partial charge in [0.15, 0.2) is 0 Å². The maximum atomic E-state index is 13.5. The van der Waals surface area contributed by atoms with Gasteiger partial charge in [0, 0.05) is 26.8 Å². The summed E-state index contributed by atoms with van der Waals surface area (Å²) in [7, 11) is 0. The van der Waals surface area contributed by atoms with Crippen LogP contribution in [0, 0.1) is 24.6 Å². The van der Waals surface area contributed by atoms with Crippen LogP contribution in [-0.4, -0.2) is 15.2 Å². The molecule has 4 heteroatoms. The van der Waals surface area contributed by atoms with Crippen molar-refractivity contribution >= 4 is 11.4 Å². The van der Waals surface area contributed by atoms with E-state index < -0.39 is 5.82 Å². The summed E-state index contributed by atoms with van der Waals surface area (Å²) >= 11 is 0. The van der Waals surface area contributed by atoms with Crippen molar-refractivity contribution in [1.82, 2.24) is 9.38 Å². The summed E-state index contributed by atoms with van der Waals surface area (Å²) in [6.07, 6.45) is 3.30. The van der Waals surface area contributed by atoms with E-state index in [0.717, 1.165) is 5.69 Å². The molecule has 0 spiro atoms. The van der Waals surface area contributed by atoms with E-state index in [1.165, 1.54) is 19.2 Å². The topological polar surface area (TPSA) is 34.4 Å². The van der Waals surface area contributed by atoms with Crippen LogP contribution in [0.4, 0.5) is 4.39 Å². The van der Waals surface area contributed by atoms with E-state index in [2.05, 4.69) is 16.8 Å². The average Bonchev–Trinajstić information content (AvgIpc) is 2.53. The van der Waals surface area contributed by atoms with Crippen LogP contribution in [0.2, 0.25) is 0 Å². The van der Waals surface area contributed by atoms with Gasteiger partial charge in [0.25, 0.3) is 0 Å². The SMILES string of the molecule is CC(=O)C#Cc1cn2cc(C)nc2cc1F.[HH]. The summed E-state index contributed by atoms with van der Waals surface area (Å²) < 4.78 is 15.2. The molecule has 2 rings (SSSR count). The number of aryl methyl sites for hydroxylation is 1. The molecule has 0 radical (unpaired) electrons. The Kier molecular flexibility index (Phi) is 2.45. The van der Waals surface area contributed by atoms with Crippen molar-refractivity contribution in [3.05, 3.63) is 35.5 Å². The van der Waals surface area contributed by atoms with E-state index in [9.17, 15) is 9.18 Å². The van der Waals surface area contributed by atoms with Crippen LogP contribution in [-0.2, 0) is 4.79 Å². The van der Waals surface area contributed by atoms with Crippen molar-refractivity contribution in [1.29, 1.82) is 0 Å². The zero-order valence-electron chi connectivity index (χ0n) is 8.91. The monoisotopic (exact) mass is 218 g/mol. The Labute approximate surface area is 93.4 Å². The van der Waals surface area contributed by atoms with Gasteiger partial charge in [0.1, 0.15) is 11.5 Å². The van der Waals surface area contributed by atoms with Crippen molar-refractivity contribution in [3.63, 3.8) is 0 Å². The average molecular weight is 218 g/mol. The van der Waals surface area contributed by atoms with Gasteiger partial charge in [0.2, 0.25) is 5.78 Å². The van der Waals surface area contributed by atoms with Crippen LogP contribution in [0.5, 0.6) is 0 Å². The van der Waals surface area contributed by atoms with Gasteiger partial charge in [-0.25, -0.2) is 9.37 Å². The molecule has 2 aromatic rings. The summed E-state index contributed by atoms with van der Waals surface area (Å²) in [5.41, 5.74) is 1.53. The number of rotatable bonds is 0. The van der Waals surface area contributed by atoms with Crippen molar-refractivity contribution in [2.75, 3.05) is 0 Å². The van der Waals surface area contributed by atoms with Gasteiger partial charge in [-0.2, -0.15) is 0 Å². The zero-order valence-corrected chi connectivity index (χ0v) is 8.91. The van der Waals surface area contributed by atoms with Gasteiger partial charge >= 0.3 is 0 Å². The molecule has 0 saturated heterocycles. The largest absolute Gasteiger partial charge is 0.305 e. The second kappa shape index (κ2) is 3.78. The molecule has 2 aromatic heterocycles. The predicted octanol–water partition coefficient (Wildman–Crippen LogP) is 1.97. The summed E-state index contributed by atoms with van der Waals surface area (Å²) in [6, 6.07) is 1.30. The molecule has 0 aliphatic heterocycles. The Hall–Kier alpha value is -2.15. The third kappa shape index (κ3) is 1.94. The molecule has 2 heterocycles. The fraction of sp³-hybridized carbons (Fsp3) is 0.167. The lowest BCUT2D eigenvalue weighted by Gasteiger charge is -1.96. The minimum Gasteiger partial charge on any atom is -0.305 e. The molecule has 0 saturated carbocycles. The van der Waals surface area contributed by atoms with Gasteiger partial charge in [-0.05, 0) is 12.8 Å². The van der Waals surface area contributed by atoms with Gasteiger partial charge < -0.3 is 4.40 Å². The van der Waals surface area contributed by atoms with Gasteiger partial charge in [0.05, 0.1) is 11.3 Å². The Morgan fingerprint density at radius 3 is 3.00 bits per heavy atom. The molecule has 0 bridgehead atoms. The first kappa shape index (κ1) is 10.4. The van der Waals surface area contributed by atoms with Gasteiger partial charge in [-0.3, -0.25) is 4.79 Å². The van der Waals surface area contributed by atoms with E-state index in [1.807, 2.05) is 6.92 Å². The Bertz CT molecular complexity index is 637. The Morgan fingerprint density at radius 1 is 1.56 bits per heavy atom. The normalized spacial score (nSPS) is 9.94. The summed E-state index contributed by atoms with van der Waals surface area (Å²) in [5.74, 6) is 4.05. The molecule has 3 nitrogen and oxygen atoms in total. The standard InChI is InChI=1S/C12H9FN2O.H2/c1-8-6-15-7-10(4-3-9(2)16)11(13)5-12(15)14-8;/h5-7H,1-2H3;1H. The minimum atomic E-state index is -0.466. The van der Waals surface area contributed by atoms with Crippen LogP contribution in [0.1, 0.15) is 19.6 Å². The molecular formula is C12H11FN2O. The van der Waals surface area contributed by atoms with Crippen LogP contribution in [0.25, 0.3) is 5.65 Å². The lowest BCUT2D eigenvalue weighted by molar-refractivity contribution is -0.111. The molecule has 0 unspecified atom stereocenters. The molecule has 16 heavy (non-hydrogen) atoms. The van der Waals surface area contributed by atoms with Crippen molar-refractivity contribution in [2.45, 2.75) is 13.8 Å². The second-order valence-electron chi connectivity index (χ2n) is 3.49. The minimum absolute atomic E-state index is 0. The highest BCUT2D eigenvalue weighted by molar-refractivity contribution is 5.93. The highest BCUT2D eigenvalue weighted by atomic mass is 19.1. The predicted molar refractivity (Wildman–Crippen MR) is 59.6 cm³/mol.